The SMILES string of the molecule is CC(C)(C)c1ccnc(-n2c3ccccc3c3ccc(Oc4cccc(C5(N)C=CC=CC5N)c4)cc32)c1. The maximum absolute atomic E-state index is 6.70. The van der Waals surface area contributed by atoms with E-state index < -0.39 is 5.54 Å². The smallest absolute Gasteiger partial charge is 0.137 e. The van der Waals surface area contributed by atoms with Crippen LogP contribution in [0.1, 0.15) is 31.9 Å². The van der Waals surface area contributed by atoms with E-state index >= 15 is 0 Å². The van der Waals surface area contributed by atoms with Gasteiger partial charge in [-0.15, -0.1) is 0 Å². The Bertz CT molecular complexity index is 1720. The lowest BCUT2D eigenvalue weighted by atomic mass is 9.81. The number of pyridine rings is 1. The summed E-state index contributed by atoms with van der Waals surface area (Å²) in [7, 11) is 0. The van der Waals surface area contributed by atoms with Crippen molar-refractivity contribution in [3.05, 3.63) is 120 Å². The van der Waals surface area contributed by atoms with E-state index in [4.69, 9.17) is 21.2 Å². The number of nitrogens with two attached hydrogens (primary N) is 2. The fourth-order valence-corrected chi connectivity index (χ4v) is 5.19. The van der Waals surface area contributed by atoms with Crippen molar-refractivity contribution in [1.82, 2.24) is 9.55 Å². The first-order chi connectivity index (χ1) is 18.2. The number of ether oxygens (including phenoxy) is 1. The molecular weight excluding hydrogens is 468 g/mol. The standard InChI is InChI=1S/C33H32N4O/c1-32(2,3)22-16-18-36-31(20-22)37-28-12-5-4-11-26(28)27-15-14-25(21-29(27)37)38-24-10-8-9-23(19-24)33(35)17-7-6-13-30(33)34/h4-21,30H,34-35H2,1-3H3. The molecule has 0 saturated carbocycles. The average molecular weight is 501 g/mol. The molecule has 0 amide bonds. The molecular formula is C33H32N4O. The Morgan fingerprint density at radius 1 is 0.842 bits per heavy atom. The Kier molecular flexibility index (Phi) is 5.71. The summed E-state index contributed by atoms with van der Waals surface area (Å²) in [6.07, 6.45) is 9.62. The molecule has 2 aromatic heterocycles. The van der Waals surface area contributed by atoms with Crippen molar-refractivity contribution >= 4 is 21.8 Å². The van der Waals surface area contributed by atoms with Gasteiger partial charge < -0.3 is 16.2 Å². The van der Waals surface area contributed by atoms with Gasteiger partial charge in [0.2, 0.25) is 0 Å². The molecule has 190 valence electrons. The molecule has 0 fully saturated rings. The van der Waals surface area contributed by atoms with Crippen molar-refractivity contribution in [3.63, 3.8) is 0 Å². The quantitative estimate of drug-likeness (QED) is 0.282. The van der Waals surface area contributed by atoms with E-state index in [1.807, 2.05) is 60.8 Å². The Labute approximate surface area is 223 Å². The van der Waals surface area contributed by atoms with Crippen molar-refractivity contribution in [3.8, 4) is 17.3 Å². The molecule has 1 aliphatic carbocycles. The molecule has 5 nitrogen and oxygen atoms in total. The zero-order valence-corrected chi connectivity index (χ0v) is 21.9. The third kappa shape index (κ3) is 4.10. The van der Waals surface area contributed by atoms with Gasteiger partial charge in [0, 0.05) is 29.1 Å². The van der Waals surface area contributed by atoms with Gasteiger partial charge in [0.05, 0.1) is 16.6 Å². The van der Waals surface area contributed by atoms with Gasteiger partial charge in [-0.25, -0.2) is 4.98 Å². The van der Waals surface area contributed by atoms with Crippen molar-refractivity contribution in [2.24, 2.45) is 11.5 Å². The normalized spacial score (nSPS) is 19.3. The average Bonchev–Trinajstić information content (AvgIpc) is 3.24. The molecule has 2 heterocycles. The van der Waals surface area contributed by atoms with Gasteiger partial charge >= 0.3 is 0 Å². The van der Waals surface area contributed by atoms with Gasteiger partial charge in [0.25, 0.3) is 0 Å². The zero-order chi connectivity index (χ0) is 26.5. The lowest BCUT2D eigenvalue weighted by Crippen LogP contribution is -2.50. The molecule has 0 saturated heterocycles. The van der Waals surface area contributed by atoms with E-state index in [1.54, 1.807) is 0 Å². The second-order valence-corrected chi connectivity index (χ2v) is 11.0. The fraction of sp³-hybridized carbons (Fsp3) is 0.182. The number of benzene rings is 3. The van der Waals surface area contributed by atoms with E-state index in [2.05, 4.69) is 73.9 Å². The summed E-state index contributed by atoms with van der Waals surface area (Å²) in [6, 6.07) is 26.5. The molecule has 0 aliphatic heterocycles. The Morgan fingerprint density at radius 2 is 1.63 bits per heavy atom. The molecule has 2 unspecified atom stereocenters. The third-order valence-electron chi connectivity index (χ3n) is 7.41. The van der Waals surface area contributed by atoms with Crippen molar-refractivity contribution in [2.75, 3.05) is 0 Å². The Morgan fingerprint density at radius 3 is 2.45 bits per heavy atom. The molecule has 4 N–H and O–H groups in total. The summed E-state index contributed by atoms with van der Waals surface area (Å²) in [5.74, 6) is 2.33. The summed E-state index contributed by atoms with van der Waals surface area (Å²) >= 11 is 0. The second-order valence-electron chi connectivity index (χ2n) is 11.0. The molecule has 0 bridgehead atoms. The van der Waals surface area contributed by atoms with Crippen molar-refractivity contribution in [1.29, 1.82) is 0 Å². The predicted octanol–water partition coefficient (Wildman–Crippen LogP) is 6.88. The maximum atomic E-state index is 6.70. The first kappa shape index (κ1) is 24.2. The summed E-state index contributed by atoms with van der Waals surface area (Å²) in [5, 5.41) is 2.32. The number of nitrogens with zero attached hydrogens (tertiary/aromatic N) is 2. The highest BCUT2D eigenvalue weighted by Crippen LogP contribution is 2.36. The lowest BCUT2D eigenvalue weighted by molar-refractivity contribution is 0.468. The minimum Gasteiger partial charge on any atom is -0.457 e. The van der Waals surface area contributed by atoms with Crippen LogP contribution >= 0.6 is 0 Å². The van der Waals surface area contributed by atoms with Crippen LogP contribution in [-0.4, -0.2) is 15.6 Å². The molecule has 38 heavy (non-hydrogen) atoms. The van der Waals surface area contributed by atoms with Gasteiger partial charge in [-0.05, 0) is 59.0 Å². The Balaban J connectivity index is 1.45. The number of para-hydroxylation sites is 1. The highest BCUT2D eigenvalue weighted by molar-refractivity contribution is 6.09. The number of hydrogen-bond acceptors (Lipinski definition) is 4. The van der Waals surface area contributed by atoms with Gasteiger partial charge in [0.15, 0.2) is 0 Å². The van der Waals surface area contributed by atoms with E-state index in [0.717, 1.165) is 33.6 Å². The third-order valence-corrected chi connectivity index (χ3v) is 7.41. The molecule has 5 aromatic rings. The second kappa shape index (κ2) is 8.98. The summed E-state index contributed by atoms with van der Waals surface area (Å²) in [6.45, 7) is 6.65. The van der Waals surface area contributed by atoms with Crippen LogP contribution in [-0.2, 0) is 11.0 Å². The van der Waals surface area contributed by atoms with Crippen molar-refractivity contribution < 1.29 is 4.74 Å². The maximum Gasteiger partial charge on any atom is 0.137 e. The molecule has 0 radical (unpaired) electrons. The van der Waals surface area contributed by atoms with Gasteiger partial charge in [-0.2, -0.15) is 0 Å². The highest BCUT2D eigenvalue weighted by atomic mass is 16.5. The van der Waals surface area contributed by atoms with Crippen LogP contribution in [0.25, 0.3) is 27.6 Å². The minimum atomic E-state index is -0.783. The number of aromatic nitrogens is 2. The largest absolute Gasteiger partial charge is 0.457 e. The van der Waals surface area contributed by atoms with E-state index in [-0.39, 0.29) is 11.5 Å². The highest BCUT2D eigenvalue weighted by Gasteiger charge is 2.32. The number of fused-ring (bicyclic) bond motifs is 3. The van der Waals surface area contributed by atoms with Crippen LogP contribution in [0, 0.1) is 0 Å². The fourth-order valence-electron chi connectivity index (χ4n) is 5.19. The number of allylic oxidation sites excluding steroid dienone is 2. The van der Waals surface area contributed by atoms with Crippen molar-refractivity contribution in [2.45, 2.75) is 37.8 Å². The van der Waals surface area contributed by atoms with E-state index in [9.17, 15) is 0 Å². The number of hydrogen-bond donors (Lipinski definition) is 2. The first-order valence-electron chi connectivity index (χ1n) is 12.9. The van der Waals surface area contributed by atoms with Crippen LogP contribution in [0.4, 0.5) is 0 Å². The monoisotopic (exact) mass is 500 g/mol. The Hall–Kier alpha value is -4.19. The first-order valence-corrected chi connectivity index (χ1v) is 12.9. The minimum absolute atomic E-state index is 0.0158. The summed E-state index contributed by atoms with van der Waals surface area (Å²) in [5.41, 5.74) is 16.6. The zero-order valence-electron chi connectivity index (χ0n) is 21.9. The van der Waals surface area contributed by atoms with Gasteiger partial charge in [-0.3, -0.25) is 4.57 Å². The van der Waals surface area contributed by atoms with Gasteiger partial charge in [-0.1, -0.05) is 75.4 Å². The summed E-state index contributed by atoms with van der Waals surface area (Å²) in [4.78, 5) is 4.77. The molecule has 5 heteroatoms. The van der Waals surface area contributed by atoms with Crippen LogP contribution < -0.4 is 16.2 Å². The molecule has 1 aliphatic rings. The molecule has 3 aromatic carbocycles. The predicted molar refractivity (Wildman–Crippen MR) is 156 cm³/mol. The lowest BCUT2D eigenvalue weighted by Gasteiger charge is -2.33. The molecule has 0 spiro atoms. The summed E-state index contributed by atoms with van der Waals surface area (Å²) < 4.78 is 8.61. The van der Waals surface area contributed by atoms with E-state index in [1.165, 1.54) is 10.9 Å². The molecule has 2 atom stereocenters. The topological polar surface area (TPSA) is 79.1 Å². The van der Waals surface area contributed by atoms with Crippen LogP contribution in [0.3, 0.4) is 0 Å². The molecule has 6 rings (SSSR count). The van der Waals surface area contributed by atoms with Crippen LogP contribution in [0.2, 0.25) is 0 Å². The van der Waals surface area contributed by atoms with Gasteiger partial charge in [0.1, 0.15) is 17.3 Å². The van der Waals surface area contributed by atoms with E-state index in [0.29, 0.717) is 5.75 Å². The van der Waals surface area contributed by atoms with Crippen LogP contribution in [0.15, 0.2) is 109 Å². The van der Waals surface area contributed by atoms with Crippen LogP contribution in [0.5, 0.6) is 11.5 Å². The number of rotatable bonds is 4.